The van der Waals surface area contributed by atoms with Crippen molar-refractivity contribution in [3.63, 3.8) is 0 Å². The van der Waals surface area contributed by atoms with Crippen LogP contribution >= 0.6 is 11.8 Å². The van der Waals surface area contributed by atoms with Crippen molar-refractivity contribution in [1.82, 2.24) is 15.1 Å². The lowest BCUT2D eigenvalue weighted by molar-refractivity contribution is -0.143. The van der Waals surface area contributed by atoms with Crippen molar-refractivity contribution in [2.24, 2.45) is 10.9 Å². The maximum Gasteiger partial charge on any atom is 0.416 e. The number of hydrogen-bond donors (Lipinski definition) is 2. The highest BCUT2D eigenvalue weighted by Gasteiger charge is 2.38. The maximum atomic E-state index is 13.5. The highest BCUT2D eigenvalue weighted by molar-refractivity contribution is 8.04. The zero-order valence-corrected chi connectivity index (χ0v) is 22.9. The summed E-state index contributed by atoms with van der Waals surface area (Å²) >= 11 is 1.25. The Morgan fingerprint density at radius 1 is 1.10 bits per heavy atom. The third-order valence-corrected chi connectivity index (χ3v) is 7.76. The minimum Gasteiger partial charge on any atom is -0.378 e. The number of aliphatic hydroxyl groups excluding tert-OH is 1. The molecule has 1 unspecified atom stereocenters. The van der Waals surface area contributed by atoms with Crippen LogP contribution in [0.5, 0.6) is 0 Å². The molecule has 2 aliphatic heterocycles. The summed E-state index contributed by atoms with van der Waals surface area (Å²) in [5.74, 6) is 0.739. The number of nitrogens with zero attached hydrogens (tertiary/aromatic N) is 3. The van der Waals surface area contributed by atoms with Crippen molar-refractivity contribution >= 4 is 17.6 Å². The van der Waals surface area contributed by atoms with Gasteiger partial charge in [-0.15, -0.1) is 0 Å². The average molecular weight is 583 g/mol. The van der Waals surface area contributed by atoms with Gasteiger partial charge in [0.05, 0.1) is 35.8 Å². The number of hydrogen-bond acceptors (Lipinski definition) is 6. The van der Waals surface area contributed by atoms with Gasteiger partial charge >= 0.3 is 12.4 Å². The molecule has 6 nitrogen and oxygen atoms in total. The van der Waals surface area contributed by atoms with Crippen LogP contribution in [-0.2, 0) is 23.6 Å². The largest absolute Gasteiger partial charge is 0.416 e. The molecule has 2 heterocycles. The third-order valence-electron chi connectivity index (χ3n) is 6.84. The number of ether oxygens (including phenoxy) is 1. The number of amidine groups is 1. The predicted molar refractivity (Wildman–Crippen MR) is 140 cm³/mol. The molecule has 0 bridgehead atoms. The molecule has 0 saturated carbocycles. The first-order chi connectivity index (χ1) is 18.4. The molecule has 2 aliphatic rings. The number of likely N-dealkylation sites (N-methyl/N-ethyl adjacent to an activating group) is 1. The summed E-state index contributed by atoms with van der Waals surface area (Å²) in [7, 11) is 0. The van der Waals surface area contributed by atoms with Gasteiger partial charge in [-0.05, 0) is 62.6 Å². The monoisotopic (exact) mass is 582 g/mol. The average Bonchev–Trinajstić information content (AvgIpc) is 3.22. The van der Waals surface area contributed by atoms with Gasteiger partial charge in [0.2, 0.25) is 0 Å². The number of benzene rings is 1. The quantitative estimate of drug-likeness (QED) is 0.277. The van der Waals surface area contributed by atoms with E-state index >= 15 is 0 Å². The SMILES string of the molecule is CCN(CC)CCOCCN=C1NC(O)S/C1=C\C1CCN(Cc2ccc(C(F)(F)F)cc2C(F)(F)F)CC1. The molecule has 1 atom stereocenters. The van der Waals surface area contributed by atoms with Crippen molar-refractivity contribution < 1.29 is 36.2 Å². The van der Waals surface area contributed by atoms with Crippen LogP contribution < -0.4 is 5.32 Å². The Morgan fingerprint density at radius 3 is 2.41 bits per heavy atom. The van der Waals surface area contributed by atoms with E-state index in [4.69, 9.17) is 4.74 Å². The number of nitrogens with one attached hydrogen (secondary N) is 1. The molecular formula is C26H36F6N4O2S. The lowest BCUT2D eigenvalue weighted by atomic mass is 9.95. The van der Waals surface area contributed by atoms with Crippen LogP contribution in [-0.4, -0.2) is 78.8 Å². The van der Waals surface area contributed by atoms with E-state index in [-0.39, 0.29) is 24.1 Å². The minimum atomic E-state index is -4.88. The molecule has 13 heteroatoms. The Labute approximate surface area is 229 Å². The molecule has 39 heavy (non-hydrogen) atoms. The van der Waals surface area contributed by atoms with Gasteiger partial charge in [-0.25, -0.2) is 0 Å². The van der Waals surface area contributed by atoms with Crippen LogP contribution in [0.25, 0.3) is 0 Å². The van der Waals surface area contributed by atoms with Crippen molar-refractivity contribution in [1.29, 1.82) is 0 Å². The van der Waals surface area contributed by atoms with Gasteiger partial charge in [0.25, 0.3) is 0 Å². The summed E-state index contributed by atoms with van der Waals surface area (Å²) in [5.41, 5.74) is -3.53. The van der Waals surface area contributed by atoms with Crippen molar-refractivity contribution in [2.45, 2.75) is 51.1 Å². The van der Waals surface area contributed by atoms with E-state index in [0.29, 0.717) is 57.6 Å². The predicted octanol–water partition coefficient (Wildman–Crippen LogP) is 5.19. The summed E-state index contributed by atoms with van der Waals surface area (Å²) < 4.78 is 85.0. The lowest BCUT2D eigenvalue weighted by Gasteiger charge is -2.31. The van der Waals surface area contributed by atoms with Crippen LogP contribution in [0, 0.1) is 5.92 Å². The number of likely N-dealkylation sites (tertiary alicyclic amines) is 1. The number of allylic oxidation sites excluding steroid dienone is 1. The van der Waals surface area contributed by atoms with Gasteiger partial charge in [-0.1, -0.05) is 37.8 Å². The Bertz CT molecular complexity index is 990. The standard InChI is InChI=1S/C26H36F6N4O2S/c1-3-35(4-2)12-14-38-13-9-33-23-22(39-24(37)34-23)15-18-7-10-36(11-8-18)17-19-5-6-20(25(27,28)29)16-21(19)26(30,31)32/h5-6,15-16,18,24,37H,3-4,7-14,17H2,1-2H3,(H,33,34)/b22-15-. The van der Waals surface area contributed by atoms with E-state index < -0.39 is 29.0 Å². The molecule has 0 amide bonds. The molecule has 2 N–H and O–H groups in total. The van der Waals surface area contributed by atoms with Crippen LogP contribution in [0.15, 0.2) is 34.2 Å². The number of rotatable bonds is 11. The first-order valence-electron chi connectivity index (χ1n) is 13.1. The summed E-state index contributed by atoms with van der Waals surface area (Å²) in [5, 5.41) is 13.0. The smallest absolute Gasteiger partial charge is 0.378 e. The second-order valence-electron chi connectivity index (χ2n) is 9.50. The fourth-order valence-corrected chi connectivity index (χ4v) is 5.50. The number of aliphatic imine (C=N–C) groups is 1. The number of alkyl halides is 6. The summed E-state index contributed by atoms with van der Waals surface area (Å²) in [6.07, 6.45) is -6.34. The molecule has 0 aromatic heterocycles. The van der Waals surface area contributed by atoms with E-state index in [1.807, 2.05) is 11.0 Å². The molecule has 0 spiro atoms. The van der Waals surface area contributed by atoms with Gasteiger partial charge in [0.15, 0.2) is 5.56 Å². The van der Waals surface area contributed by atoms with Crippen LogP contribution in [0.4, 0.5) is 26.3 Å². The third kappa shape index (κ3) is 9.66. The van der Waals surface area contributed by atoms with Gasteiger partial charge in [-0.2, -0.15) is 26.3 Å². The Hall–Kier alpha value is -1.80. The highest BCUT2D eigenvalue weighted by atomic mass is 32.2. The van der Waals surface area contributed by atoms with E-state index in [2.05, 4.69) is 29.1 Å². The molecule has 2 saturated heterocycles. The van der Waals surface area contributed by atoms with E-state index in [9.17, 15) is 31.4 Å². The van der Waals surface area contributed by atoms with Crippen LogP contribution in [0.1, 0.15) is 43.4 Å². The van der Waals surface area contributed by atoms with Crippen LogP contribution in [0.3, 0.4) is 0 Å². The number of halogens is 6. The number of piperidine rings is 1. The minimum absolute atomic E-state index is 0.0771. The number of aliphatic hydroxyl groups is 1. The van der Waals surface area contributed by atoms with Gasteiger partial charge in [0, 0.05) is 13.1 Å². The Kier molecular flexibility index (Phi) is 11.6. The molecule has 1 aromatic rings. The fourth-order valence-electron chi connectivity index (χ4n) is 4.58. The van der Waals surface area contributed by atoms with Gasteiger partial charge < -0.3 is 20.1 Å². The van der Waals surface area contributed by atoms with E-state index in [1.165, 1.54) is 11.8 Å². The zero-order chi connectivity index (χ0) is 28.6. The molecule has 3 rings (SSSR count). The molecule has 2 fully saturated rings. The molecular weight excluding hydrogens is 546 g/mol. The number of thioether (sulfide) groups is 1. The summed E-state index contributed by atoms with van der Waals surface area (Å²) in [4.78, 5) is 9.44. The second-order valence-corrected chi connectivity index (χ2v) is 10.6. The Morgan fingerprint density at radius 2 is 1.79 bits per heavy atom. The molecule has 1 aromatic carbocycles. The lowest BCUT2D eigenvalue weighted by Crippen LogP contribution is -2.33. The second kappa shape index (κ2) is 14.2. The summed E-state index contributed by atoms with van der Waals surface area (Å²) in [6.45, 7) is 9.45. The first-order valence-corrected chi connectivity index (χ1v) is 14.0. The topological polar surface area (TPSA) is 60.3 Å². The highest BCUT2D eigenvalue weighted by Crippen LogP contribution is 2.38. The van der Waals surface area contributed by atoms with Gasteiger partial charge in [0.1, 0.15) is 5.84 Å². The normalized spacial score (nSPS) is 21.8. The Balaban J connectivity index is 1.54. The van der Waals surface area contributed by atoms with Gasteiger partial charge in [-0.3, -0.25) is 9.89 Å². The van der Waals surface area contributed by atoms with Crippen molar-refractivity contribution in [2.75, 3.05) is 52.5 Å². The molecule has 0 radical (unpaired) electrons. The van der Waals surface area contributed by atoms with E-state index in [0.717, 1.165) is 30.6 Å². The van der Waals surface area contributed by atoms with E-state index in [1.54, 1.807) is 0 Å². The molecule has 0 aliphatic carbocycles. The fraction of sp³-hybridized carbons (Fsp3) is 0.654. The summed E-state index contributed by atoms with van der Waals surface area (Å²) in [6, 6.07) is 1.82. The van der Waals surface area contributed by atoms with Crippen molar-refractivity contribution in [3.05, 3.63) is 45.9 Å². The maximum absolute atomic E-state index is 13.5. The zero-order valence-electron chi connectivity index (χ0n) is 22.1. The first kappa shape index (κ1) is 31.7. The van der Waals surface area contributed by atoms with Crippen molar-refractivity contribution in [3.8, 4) is 0 Å². The molecule has 220 valence electrons. The van der Waals surface area contributed by atoms with Crippen LogP contribution in [0.2, 0.25) is 0 Å².